The van der Waals surface area contributed by atoms with Gasteiger partial charge in [0.2, 0.25) is 0 Å². The minimum absolute atomic E-state index is 0.0623. The lowest BCUT2D eigenvalue weighted by molar-refractivity contribution is 0.949. The lowest BCUT2D eigenvalue weighted by Gasteiger charge is -2.05. The standard InChI is InChI=1S/C17H13N3O/c1-20-9-6-14-13(5-8-18-16(14)20)12-3-2-11-4-7-19-17(21)15(11)10-12/h2-10H,1H3,(H,19,21). The molecule has 0 radical (unpaired) electrons. The summed E-state index contributed by atoms with van der Waals surface area (Å²) in [4.78, 5) is 19.1. The highest BCUT2D eigenvalue weighted by Gasteiger charge is 2.08. The van der Waals surface area contributed by atoms with Crippen molar-refractivity contribution in [1.29, 1.82) is 0 Å². The van der Waals surface area contributed by atoms with Crippen molar-refractivity contribution in [3.05, 3.63) is 65.3 Å². The molecule has 0 bridgehead atoms. The number of hydrogen-bond donors (Lipinski definition) is 1. The molecule has 0 amide bonds. The number of nitrogens with one attached hydrogen (secondary N) is 1. The normalized spacial score (nSPS) is 11.3. The number of rotatable bonds is 1. The van der Waals surface area contributed by atoms with Gasteiger partial charge in [-0.1, -0.05) is 12.1 Å². The number of pyridine rings is 2. The second-order valence-electron chi connectivity index (χ2n) is 5.13. The quantitative estimate of drug-likeness (QED) is 0.580. The number of aryl methyl sites for hydroxylation is 1. The lowest BCUT2D eigenvalue weighted by Crippen LogP contribution is -2.04. The highest BCUT2D eigenvalue weighted by Crippen LogP contribution is 2.29. The van der Waals surface area contributed by atoms with Crippen LogP contribution in [0.5, 0.6) is 0 Å². The summed E-state index contributed by atoms with van der Waals surface area (Å²) in [5.74, 6) is 0. The maximum absolute atomic E-state index is 12.0. The molecule has 4 heteroatoms. The molecular formula is C17H13N3O. The lowest BCUT2D eigenvalue weighted by atomic mass is 10.0. The zero-order valence-corrected chi connectivity index (χ0v) is 11.5. The zero-order chi connectivity index (χ0) is 14.4. The van der Waals surface area contributed by atoms with Crippen molar-refractivity contribution in [3.8, 4) is 11.1 Å². The molecule has 0 saturated heterocycles. The van der Waals surface area contributed by atoms with Gasteiger partial charge < -0.3 is 9.55 Å². The SMILES string of the molecule is Cn1ccc2c(-c3ccc4cc[nH]c(=O)c4c3)ccnc21. The van der Waals surface area contributed by atoms with Crippen LogP contribution in [0.3, 0.4) is 0 Å². The van der Waals surface area contributed by atoms with Crippen LogP contribution in [-0.2, 0) is 7.05 Å². The minimum Gasteiger partial charge on any atom is -0.336 e. The Labute approximate surface area is 120 Å². The van der Waals surface area contributed by atoms with Crippen LogP contribution in [0.25, 0.3) is 32.9 Å². The summed E-state index contributed by atoms with van der Waals surface area (Å²) in [6.07, 6.45) is 5.47. The summed E-state index contributed by atoms with van der Waals surface area (Å²) < 4.78 is 1.99. The van der Waals surface area contributed by atoms with Crippen molar-refractivity contribution < 1.29 is 0 Å². The number of hydrogen-bond acceptors (Lipinski definition) is 2. The smallest absolute Gasteiger partial charge is 0.255 e. The van der Waals surface area contributed by atoms with Gasteiger partial charge in [0.1, 0.15) is 5.65 Å². The van der Waals surface area contributed by atoms with E-state index in [0.717, 1.165) is 27.5 Å². The monoisotopic (exact) mass is 275 g/mol. The second-order valence-corrected chi connectivity index (χ2v) is 5.13. The van der Waals surface area contributed by atoms with Gasteiger partial charge in [-0.2, -0.15) is 0 Å². The summed E-state index contributed by atoms with van der Waals surface area (Å²) in [6.45, 7) is 0. The fourth-order valence-corrected chi connectivity index (χ4v) is 2.77. The van der Waals surface area contributed by atoms with E-state index in [2.05, 4.69) is 16.0 Å². The van der Waals surface area contributed by atoms with Gasteiger partial charge in [0, 0.05) is 36.4 Å². The molecule has 21 heavy (non-hydrogen) atoms. The summed E-state index contributed by atoms with van der Waals surface area (Å²) in [5.41, 5.74) is 2.99. The fourth-order valence-electron chi connectivity index (χ4n) is 2.77. The highest BCUT2D eigenvalue weighted by atomic mass is 16.1. The largest absolute Gasteiger partial charge is 0.336 e. The maximum atomic E-state index is 12.0. The Hall–Kier alpha value is -2.88. The minimum atomic E-state index is -0.0623. The molecule has 3 heterocycles. The number of fused-ring (bicyclic) bond motifs is 2. The number of aromatic amines is 1. The Balaban J connectivity index is 2.04. The van der Waals surface area contributed by atoms with Crippen LogP contribution in [-0.4, -0.2) is 14.5 Å². The van der Waals surface area contributed by atoms with Gasteiger partial charge >= 0.3 is 0 Å². The van der Waals surface area contributed by atoms with Crippen LogP contribution in [0.2, 0.25) is 0 Å². The molecule has 4 rings (SSSR count). The molecule has 102 valence electrons. The first-order chi connectivity index (χ1) is 10.2. The fraction of sp³-hybridized carbons (Fsp3) is 0.0588. The average molecular weight is 275 g/mol. The summed E-state index contributed by atoms with van der Waals surface area (Å²) in [7, 11) is 1.98. The third-order valence-electron chi connectivity index (χ3n) is 3.85. The molecule has 3 aromatic heterocycles. The molecule has 1 aromatic carbocycles. The molecule has 0 aliphatic heterocycles. The van der Waals surface area contributed by atoms with Crippen molar-refractivity contribution in [2.24, 2.45) is 7.05 Å². The zero-order valence-electron chi connectivity index (χ0n) is 11.5. The molecule has 0 unspecified atom stereocenters. The third kappa shape index (κ3) is 1.76. The van der Waals surface area contributed by atoms with Crippen LogP contribution in [0.1, 0.15) is 0 Å². The van der Waals surface area contributed by atoms with Crippen molar-refractivity contribution in [2.75, 3.05) is 0 Å². The number of aromatic nitrogens is 3. The molecule has 4 nitrogen and oxygen atoms in total. The first kappa shape index (κ1) is 11.9. The highest BCUT2D eigenvalue weighted by molar-refractivity contribution is 5.96. The van der Waals surface area contributed by atoms with Crippen LogP contribution in [0, 0.1) is 0 Å². The van der Waals surface area contributed by atoms with Crippen molar-refractivity contribution in [3.63, 3.8) is 0 Å². The van der Waals surface area contributed by atoms with E-state index >= 15 is 0 Å². The Bertz CT molecular complexity index is 1030. The van der Waals surface area contributed by atoms with E-state index in [1.54, 1.807) is 12.4 Å². The number of nitrogens with zero attached hydrogens (tertiary/aromatic N) is 2. The van der Waals surface area contributed by atoms with E-state index in [4.69, 9.17) is 0 Å². The maximum Gasteiger partial charge on any atom is 0.255 e. The van der Waals surface area contributed by atoms with Gasteiger partial charge in [0.25, 0.3) is 5.56 Å². The topological polar surface area (TPSA) is 50.7 Å². The molecule has 0 fully saturated rings. The number of H-pyrrole nitrogens is 1. The average Bonchev–Trinajstić information content (AvgIpc) is 2.89. The molecule has 4 aromatic rings. The van der Waals surface area contributed by atoms with Gasteiger partial charge in [0.15, 0.2) is 0 Å². The second kappa shape index (κ2) is 4.31. The van der Waals surface area contributed by atoms with E-state index in [0.29, 0.717) is 5.39 Å². The van der Waals surface area contributed by atoms with E-state index in [1.807, 2.05) is 48.1 Å². The predicted octanol–water partition coefficient (Wildman–Crippen LogP) is 3.08. The van der Waals surface area contributed by atoms with E-state index in [-0.39, 0.29) is 5.56 Å². The van der Waals surface area contributed by atoms with Crippen molar-refractivity contribution in [2.45, 2.75) is 0 Å². The summed E-state index contributed by atoms with van der Waals surface area (Å²) >= 11 is 0. The van der Waals surface area contributed by atoms with Gasteiger partial charge in [-0.15, -0.1) is 0 Å². The van der Waals surface area contributed by atoms with Crippen molar-refractivity contribution >= 4 is 21.8 Å². The molecule has 1 N–H and O–H groups in total. The molecule has 0 spiro atoms. The van der Waals surface area contributed by atoms with Crippen molar-refractivity contribution in [1.82, 2.24) is 14.5 Å². The summed E-state index contributed by atoms with van der Waals surface area (Å²) in [6, 6.07) is 11.9. The molecule has 0 saturated carbocycles. The van der Waals surface area contributed by atoms with Gasteiger partial charge in [0.05, 0.1) is 0 Å². The van der Waals surface area contributed by atoms with Crippen LogP contribution in [0.4, 0.5) is 0 Å². The molecule has 0 aliphatic rings. The molecule has 0 aliphatic carbocycles. The predicted molar refractivity (Wildman–Crippen MR) is 84.3 cm³/mol. The van der Waals surface area contributed by atoms with E-state index in [9.17, 15) is 4.79 Å². The first-order valence-corrected chi connectivity index (χ1v) is 6.76. The van der Waals surface area contributed by atoms with Gasteiger partial charge in [-0.25, -0.2) is 4.98 Å². The Morgan fingerprint density at radius 2 is 2.00 bits per heavy atom. The summed E-state index contributed by atoms with van der Waals surface area (Å²) in [5, 5.41) is 2.74. The first-order valence-electron chi connectivity index (χ1n) is 6.76. The molecule has 0 atom stereocenters. The Morgan fingerprint density at radius 3 is 2.90 bits per heavy atom. The van der Waals surface area contributed by atoms with Crippen LogP contribution in [0.15, 0.2) is 59.8 Å². The van der Waals surface area contributed by atoms with Gasteiger partial charge in [-0.3, -0.25) is 4.79 Å². The van der Waals surface area contributed by atoms with E-state index < -0.39 is 0 Å². The van der Waals surface area contributed by atoms with Gasteiger partial charge in [-0.05, 0) is 40.8 Å². The third-order valence-corrected chi connectivity index (χ3v) is 3.85. The Kier molecular flexibility index (Phi) is 2.44. The molecular weight excluding hydrogens is 262 g/mol. The van der Waals surface area contributed by atoms with E-state index in [1.165, 1.54) is 0 Å². The van der Waals surface area contributed by atoms with Crippen LogP contribution >= 0.6 is 0 Å². The van der Waals surface area contributed by atoms with Crippen LogP contribution < -0.4 is 5.56 Å². The Morgan fingerprint density at radius 1 is 1.10 bits per heavy atom. The number of benzene rings is 1.